The van der Waals surface area contributed by atoms with Gasteiger partial charge in [-0.3, -0.25) is 5.32 Å². The van der Waals surface area contributed by atoms with Gasteiger partial charge in [-0.1, -0.05) is 48.5 Å². The number of carbonyl (C=O) groups excluding carboxylic acids is 1. The van der Waals surface area contributed by atoms with Crippen LogP contribution in [0.1, 0.15) is 27.4 Å². The van der Waals surface area contributed by atoms with Gasteiger partial charge in [0.15, 0.2) is 0 Å². The number of amides is 1. The first-order valence-electron chi connectivity index (χ1n) is 8.69. The van der Waals surface area contributed by atoms with Crippen molar-refractivity contribution in [2.45, 2.75) is 5.92 Å². The number of fused-ring (bicyclic) bond motifs is 3. The van der Waals surface area contributed by atoms with Gasteiger partial charge >= 0.3 is 12.1 Å². The van der Waals surface area contributed by atoms with E-state index in [9.17, 15) is 9.59 Å². The van der Waals surface area contributed by atoms with Crippen LogP contribution in [0.2, 0.25) is 0 Å². The Morgan fingerprint density at radius 2 is 1.57 bits per heavy atom. The molecular weight excluding hydrogens is 422 g/mol. The molecular formula is C22H16BrNO4. The fraction of sp³-hybridized carbons (Fsp3) is 0.0909. The van der Waals surface area contributed by atoms with Crippen LogP contribution >= 0.6 is 15.9 Å². The summed E-state index contributed by atoms with van der Waals surface area (Å²) in [6, 6.07) is 20.7. The first-order valence-corrected chi connectivity index (χ1v) is 9.48. The van der Waals surface area contributed by atoms with E-state index in [2.05, 4.69) is 45.5 Å². The average Bonchev–Trinajstić information content (AvgIpc) is 3.00. The number of hydrogen-bond acceptors (Lipinski definition) is 3. The van der Waals surface area contributed by atoms with E-state index in [0.717, 1.165) is 11.1 Å². The van der Waals surface area contributed by atoms with E-state index >= 15 is 0 Å². The molecule has 28 heavy (non-hydrogen) atoms. The number of halogens is 1. The highest BCUT2D eigenvalue weighted by molar-refractivity contribution is 9.10. The van der Waals surface area contributed by atoms with Crippen LogP contribution in [0.3, 0.4) is 0 Å². The van der Waals surface area contributed by atoms with Gasteiger partial charge in [0.1, 0.15) is 6.61 Å². The number of rotatable bonds is 4. The van der Waals surface area contributed by atoms with Crippen LogP contribution in [-0.2, 0) is 4.74 Å². The number of carboxylic acid groups (broad SMARTS) is 1. The van der Waals surface area contributed by atoms with Crippen LogP contribution in [0, 0.1) is 0 Å². The quantitative estimate of drug-likeness (QED) is 0.564. The first-order chi connectivity index (χ1) is 13.5. The molecule has 3 aromatic carbocycles. The number of benzene rings is 3. The average molecular weight is 438 g/mol. The Labute approximate surface area is 170 Å². The van der Waals surface area contributed by atoms with E-state index in [-0.39, 0.29) is 18.1 Å². The molecule has 5 nitrogen and oxygen atoms in total. The molecule has 4 rings (SSSR count). The predicted molar refractivity (Wildman–Crippen MR) is 110 cm³/mol. The third-order valence-electron chi connectivity index (χ3n) is 4.79. The summed E-state index contributed by atoms with van der Waals surface area (Å²) >= 11 is 3.19. The maximum Gasteiger partial charge on any atom is 0.411 e. The standard InChI is InChI=1S/C22H16BrNO4/c23-20-11-13(9-10-18(20)21(25)26)24-22(27)28-12-19-16-7-3-1-5-14(16)15-6-2-4-8-17(15)19/h1-11,19H,12H2,(H,24,27)(H,25,26). The van der Waals surface area contributed by atoms with Crippen molar-refractivity contribution in [2.24, 2.45) is 0 Å². The second-order valence-corrected chi connectivity index (χ2v) is 7.30. The molecule has 2 N–H and O–H groups in total. The number of carboxylic acids is 1. The molecule has 0 aliphatic heterocycles. The molecule has 0 unspecified atom stereocenters. The molecule has 0 atom stereocenters. The first kappa shape index (κ1) is 18.3. The number of hydrogen-bond donors (Lipinski definition) is 2. The number of anilines is 1. The lowest BCUT2D eigenvalue weighted by atomic mass is 9.98. The molecule has 1 aliphatic rings. The molecule has 0 saturated heterocycles. The van der Waals surface area contributed by atoms with Crippen molar-refractivity contribution in [3.05, 3.63) is 87.9 Å². The van der Waals surface area contributed by atoms with Crippen LogP contribution in [-0.4, -0.2) is 23.8 Å². The van der Waals surface area contributed by atoms with Gasteiger partial charge in [-0.05, 0) is 56.4 Å². The monoisotopic (exact) mass is 437 g/mol. The number of aromatic carboxylic acids is 1. The number of carbonyl (C=O) groups is 2. The Morgan fingerprint density at radius 1 is 0.964 bits per heavy atom. The van der Waals surface area contributed by atoms with E-state index in [1.165, 1.54) is 29.3 Å². The SMILES string of the molecule is O=C(Nc1ccc(C(=O)O)c(Br)c1)OCC1c2ccccc2-c2ccccc21. The van der Waals surface area contributed by atoms with Crippen LogP contribution < -0.4 is 5.32 Å². The Kier molecular flexibility index (Phi) is 4.88. The summed E-state index contributed by atoms with van der Waals surface area (Å²) in [6.45, 7) is 0.217. The van der Waals surface area contributed by atoms with E-state index < -0.39 is 12.1 Å². The summed E-state index contributed by atoms with van der Waals surface area (Å²) in [6.07, 6.45) is -0.586. The minimum absolute atomic E-state index is 0.0146. The predicted octanol–water partition coefficient (Wildman–Crippen LogP) is 5.51. The molecule has 1 aliphatic carbocycles. The molecule has 0 spiro atoms. The lowest BCUT2D eigenvalue weighted by Gasteiger charge is -2.14. The maximum absolute atomic E-state index is 12.3. The third-order valence-corrected chi connectivity index (χ3v) is 5.45. The molecule has 6 heteroatoms. The lowest BCUT2D eigenvalue weighted by Crippen LogP contribution is -2.18. The highest BCUT2D eigenvalue weighted by atomic mass is 79.9. The van der Waals surface area contributed by atoms with Crippen molar-refractivity contribution in [2.75, 3.05) is 11.9 Å². The van der Waals surface area contributed by atoms with Crippen molar-refractivity contribution in [3.8, 4) is 11.1 Å². The summed E-state index contributed by atoms with van der Waals surface area (Å²) in [4.78, 5) is 23.3. The van der Waals surface area contributed by atoms with Crippen molar-refractivity contribution in [1.29, 1.82) is 0 Å². The summed E-state index contributed by atoms with van der Waals surface area (Å²) in [5, 5.41) is 11.7. The van der Waals surface area contributed by atoms with Crippen LogP contribution in [0.15, 0.2) is 71.2 Å². The van der Waals surface area contributed by atoms with Gasteiger partial charge in [0.05, 0.1) is 5.56 Å². The zero-order chi connectivity index (χ0) is 19.7. The Bertz CT molecular complexity index is 1030. The Morgan fingerprint density at radius 3 is 2.14 bits per heavy atom. The molecule has 1 amide bonds. The summed E-state index contributed by atoms with van der Waals surface area (Å²) in [5.41, 5.74) is 5.20. The second-order valence-electron chi connectivity index (χ2n) is 6.45. The fourth-order valence-electron chi connectivity index (χ4n) is 3.52. The number of ether oxygens (including phenoxy) is 1. The normalized spacial score (nSPS) is 12.2. The zero-order valence-corrected chi connectivity index (χ0v) is 16.3. The molecule has 3 aromatic rings. The number of nitrogens with one attached hydrogen (secondary N) is 1. The molecule has 0 radical (unpaired) electrons. The second kappa shape index (κ2) is 7.48. The molecule has 0 heterocycles. The van der Waals surface area contributed by atoms with Crippen LogP contribution in [0.5, 0.6) is 0 Å². The molecule has 140 valence electrons. The van der Waals surface area contributed by atoms with Gasteiger partial charge in [0, 0.05) is 16.1 Å². The van der Waals surface area contributed by atoms with E-state index in [1.807, 2.05) is 24.3 Å². The topological polar surface area (TPSA) is 75.6 Å². The van der Waals surface area contributed by atoms with Crippen molar-refractivity contribution >= 4 is 33.7 Å². The van der Waals surface area contributed by atoms with Gasteiger partial charge in [0.2, 0.25) is 0 Å². The Hall–Kier alpha value is -3.12. The fourth-order valence-corrected chi connectivity index (χ4v) is 4.07. The highest BCUT2D eigenvalue weighted by Crippen LogP contribution is 2.44. The Balaban J connectivity index is 1.47. The van der Waals surface area contributed by atoms with E-state index in [0.29, 0.717) is 10.2 Å². The summed E-state index contributed by atoms with van der Waals surface area (Å²) in [7, 11) is 0. The maximum atomic E-state index is 12.3. The molecule has 0 saturated carbocycles. The smallest absolute Gasteiger partial charge is 0.411 e. The minimum atomic E-state index is -1.04. The van der Waals surface area contributed by atoms with Crippen molar-refractivity contribution < 1.29 is 19.4 Å². The highest BCUT2D eigenvalue weighted by Gasteiger charge is 2.29. The largest absolute Gasteiger partial charge is 0.478 e. The van der Waals surface area contributed by atoms with Gasteiger partial charge < -0.3 is 9.84 Å². The zero-order valence-electron chi connectivity index (χ0n) is 14.7. The van der Waals surface area contributed by atoms with E-state index in [1.54, 1.807) is 0 Å². The van der Waals surface area contributed by atoms with Crippen LogP contribution in [0.4, 0.5) is 10.5 Å². The minimum Gasteiger partial charge on any atom is -0.478 e. The van der Waals surface area contributed by atoms with Gasteiger partial charge in [-0.25, -0.2) is 9.59 Å². The van der Waals surface area contributed by atoms with Crippen LogP contribution in [0.25, 0.3) is 11.1 Å². The molecule has 0 aromatic heterocycles. The van der Waals surface area contributed by atoms with Gasteiger partial charge in [-0.2, -0.15) is 0 Å². The van der Waals surface area contributed by atoms with Gasteiger partial charge in [-0.15, -0.1) is 0 Å². The van der Waals surface area contributed by atoms with E-state index in [4.69, 9.17) is 9.84 Å². The lowest BCUT2D eigenvalue weighted by molar-refractivity contribution is 0.0696. The van der Waals surface area contributed by atoms with Crippen molar-refractivity contribution in [1.82, 2.24) is 0 Å². The van der Waals surface area contributed by atoms with Gasteiger partial charge in [0.25, 0.3) is 0 Å². The third kappa shape index (κ3) is 3.39. The summed E-state index contributed by atoms with van der Waals surface area (Å²) < 4.78 is 5.87. The summed E-state index contributed by atoms with van der Waals surface area (Å²) in [5.74, 6) is -1.06. The molecule has 0 bridgehead atoms. The van der Waals surface area contributed by atoms with Crippen molar-refractivity contribution in [3.63, 3.8) is 0 Å². The molecule has 0 fully saturated rings.